The largest absolute Gasteiger partial charge is 0.449 e. The molecule has 6 nitrogen and oxygen atoms in total. The van der Waals surface area contributed by atoms with Crippen LogP contribution in [0, 0.1) is 0 Å². The zero-order valence-electron chi connectivity index (χ0n) is 12.6. The molecule has 9 heteroatoms. The van der Waals surface area contributed by atoms with Gasteiger partial charge in [0.2, 0.25) is 17.6 Å². The van der Waals surface area contributed by atoms with E-state index in [0.29, 0.717) is 0 Å². The van der Waals surface area contributed by atoms with Gasteiger partial charge in [-0.1, -0.05) is 12.1 Å². The van der Waals surface area contributed by atoms with E-state index in [0.717, 1.165) is 17.4 Å². The van der Waals surface area contributed by atoms with Crippen LogP contribution in [0.3, 0.4) is 0 Å². The topological polar surface area (TPSA) is 76.0 Å². The van der Waals surface area contributed by atoms with Crippen LogP contribution in [0.5, 0.6) is 0 Å². The Bertz CT molecular complexity index is 781. The van der Waals surface area contributed by atoms with Gasteiger partial charge in [0.25, 0.3) is 0 Å². The number of halogens is 3. The van der Waals surface area contributed by atoms with E-state index in [2.05, 4.69) is 15.6 Å². The third-order valence-electron chi connectivity index (χ3n) is 3.60. The second-order valence-electron chi connectivity index (χ2n) is 5.63. The summed E-state index contributed by atoms with van der Waals surface area (Å²) >= 11 is 0. The lowest BCUT2D eigenvalue weighted by atomic mass is 10.3. The van der Waals surface area contributed by atoms with E-state index < -0.39 is 24.5 Å². The number of benzene rings is 1. The van der Waals surface area contributed by atoms with Crippen molar-refractivity contribution >= 4 is 22.8 Å². The van der Waals surface area contributed by atoms with Crippen molar-refractivity contribution in [1.29, 1.82) is 0 Å². The van der Waals surface area contributed by atoms with Gasteiger partial charge in [0, 0.05) is 6.04 Å². The molecule has 2 N–H and O–H groups in total. The van der Waals surface area contributed by atoms with Gasteiger partial charge in [-0.25, -0.2) is 4.98 Å². The van der Waals surface area contributed by atoms with Gasteiger partial charge in [-0.05, 0) is 25.0 Å². The first-order chi connectivity index (χ1) is 11.3. The Morgan fingerprint density at radius 2 is 1.92 bits per heavy atom. The monoisotopic (exact) mass is 340 g/mol. The average Bonchev–Trinajstić information content (AvgIpc) is 3.24. The maximum Gasteiger partial charge on any atom is 0.449 e. The van der Waals surface area contributed by atoms with Crippen LogP contribution < -0.4 is 10.6 Å². The number of nitrogens with zero attached hydrogens (tertiary/aromatic N) is 2. The number of hydrogen-bond acceptors (Lipinski definition) is 3. The van der Waals surface area contributed by atoms with Gasteiger partial charge in [-0.2, -0.15) is 13.2 Å². The summed E-state index contributed by atoms with van der Waals surface area (Å²) in [5.74, 6) is -2.17. The molecule has 24 heavy (non-hydrogen) atoms. The summed E-state index contributed by atoms with van der Waals surface area (Å²) in [5.41, 5.74) is 0.367. The maximum atomic E-state index is 13.1. The molecule has 1 aliphatic carbocycles. The molecule has 2 aromatic rings. The summed E-state index contributed by atoms with van der Waals surface area (Å²) in [6, 6.07) is 6.21. The molecule has 0 atom stereocenters. The summed E-state index contributed by atoms with van der Waals surface area (Å²) in [6.45, 7) is -0.824. The molecular formula is C15H15F3N4O2. The van der Waals surface area contributed by atoms with Gasteiger partial charge in [0.1, 0.15) is 6.54 Å². The first-order valence-electron chi connectivity index (χ1n) is 7.43. The lowest BCUT2D eigenvalue weighted by molar-refractivity contribution is -0.147. The van der Waals surface area contributed by atoms with Gasteiger partial charge in [-0.3, -0.25) is 9.59 Å². The van der Waals surface area contributed by atoms with Crippen molar-refractivity contribution < 1.29 is 22.8 Å². The Balaban J connectivity index is 1.73. The number of carbonyl (C=O) groups excluding carboxylic acids is 2. The SMILES string of the molecule is O=C(Cn1c(C(F)(F)F)nc2ccccc21)NCC(=O)NC1CC1. The quantitative estimate of drug-likeness (QED) is 0.865. The molecule has 1 fully saturated rings. The van der Waals surface area contributed by atoms with E-state index in [-0.39, 0.29) is 29.5 Å². The molecule has 1 aromatic heterocycles. The Hall–Kier alpha value is -2.58. The number of rotatable bonds is 5. The van der Waals surface area contributed by atoms with Crippen LogP contribution in [0.25, 0.3) is 11.0 Å². The molecule has 0 unspecified atom stereocenters. The number of alkyl halides is 3. The van der Waals surface area contributed by atoms with Crippen molar-refractivity contribution in [2.45, 2.75) is 31.6 Å². The molecular weight excluding hydrogens is 325 g/mol. The van der Waals surface area contributed by atoms with Crippen molar-refractivity contribution in [3.05, 3.63) is 30.1 Å². The smallest absolute Gasteiger partial charge is 0.352 e. The van der Waals surface area contributed by atoms with Gasteiger partial charge < -0.3 is 15.2 Å². The minimum atomic E-state index is -4.68. The molecule has 2 amide bonds. The zero-order valence-corrected chi connectivity index (χ0v) is 12.6. The number of nitrogens with one attached hydrogen (secondary N) is 2. The van der Waals surface area contributed by atoms with E-state index in [1.165, 1.54) is 12.1 Å². The highest BCUT2D eigenvalue weighted by Gasteiger charge is 2.38. The second kappa shape index (κ2) is 6.14. The zero-order chi connectivity index (χ0) is 17.3. The van der Waals surface area contributed by atoms with Crippen LogP contribution in [-0.2, 0) is 22.3 Å². The predicted molar refractivity (Wildman–Crippen MR) is 78.9 cm³/mol. The molecule has 1 aromatic carbocycles. The van der Waals surface area contributed by atoms with Crippen molar-refractivity contribution in [1.82, 2.24) is 20.2 Å². The van der Waals surface area contributed by atoms with Crippen LogP contribution in [0.15, 0.2) is 24.3 Å². The van der Waals surface area contributed by atoms with E-state index in [1.807, 2.05) is 0 Å². The summed E-state index contributed by atoms with van der Waals surface area (Å²) in [4.78, 5) is 27.0. The minimum Gasteiger partial charge on any atom is -0.352 e. The molecule has 0 aliphatic heterocycles. The predicted octanol–water partition coefficient (Wildman–Crippen LogP) is 1.45. The van der Waals surface area contributed by atoms with E-state index in [4.69, 9.17) is 0 Å². The number of amides is 2. The Morgan fingerprint density at radius 1 is 1.21 bits per heavy atom. The highest BCUT2D eigenvalue weighted by atomic mass is 19.4. The van der Waals surface area contributed by atoms with Crippen LogP contribution in [-0.4, -0.2) is 34.0 Å². The first-order valence-corrected chi connectivity index (χ1v) is 7.43. The average molecular weight is 340 g/mol. The molecule has 0 spiro atoms. The molecule has 1 heterocycles. The lowest BCUT2D eigenvalue weighted by Crippen LogP contribution is -2.39. The summed E-state index contributed by atoms with van der Waals surface area (Å²) in [6.07, 6.45) is -2.85. The summed E-state index contributed by atoms with van der Waals surface area (Å²) < 4.78 is 40.2. The Labute approximate surface area is 135 Å². The molecule has 0 radical (unpaired) electrons. The standard InChI is InChI=1S/C15H15F3N4O2/c16-15(17,18)14-21-10-3-1-2-4-11(10)22(14)8-13(24)19-7-12(23)20-9-5-6-9/h1-4,9H,5-8H2,(H,19,24)(H,20,23). The molecule has 1 aliphatic rings. The third kappa shape index (κ3) is 3.66. The van der Waals surface area contributed by atoms with Gasteiger partial charge >= 0.3 is 6.18 Å². The van der Waals surface area contributed by atoms with E-state index in [9.17, 15) is 22.8 Å². The Morgan fingerprint density at radius 3 is 2.58 bits per heavy atom. The highest BCUT2D eigenvalue weighted by molar-refractivity contribution is 5.86. The minimum absolute atomic E-state index is 0.156. The highest BCUT2D eigenvalue weighted by Crippen LogP contribution is 2.31. The third-order valence-corrected chi connectivity index (χ3v) is 3.60. The van der Waals surface area contributed by atoms with Crippen LogP contribution in [0.2, 0.25) is 0 Å². The van der Waals surface area contributed by atoms with Crippen LogP contribution in [0.1, 0.15) is 18.7 Å². The van der Waals surface area contributed by atoms with Crippen LogP contribution in [0.4, 0.5) is 13.2 Å². The van der Waals surface area contributed by atoms with Crippen molar-refractivity contribution in [2.75, 3.05) is 6.54 Å². The second-order valence-corrected chi connectivity index (χ2v) is 5.63. The van der Waals surface area contributed by atoms with Gasteiger partial charge in [-0.15, -0.1) is 0 Å². The van der Waals surface area contributed by atoms with E-state index >= 15 is 0 Å². The number of hydrogen-bond donors (Lipinski definition) is 2. The van der Waals surface area contributed by atoms with Crippen molar-refractivity contribution in [3.8, 4) is 0 Å². The Kier molecular flexibility index (Phi) is 4.16. The number of imidazole rings is 1. The van der Waals surface area contributed by atoms with Gasteiger partial charge in [0.05, 0.1) is 17.6 Å². The number of fused-ring (bicyclic) bond motifs is 1. The normalized spacial score (nSPS) is 14.6. The maximum absolute atomic E-state index is 13.1. The molecule has 0 saturated heterocycles. The van der Waals surface area contributed by atoms with E-state index in [1.54, 1.807) is 12.1 Å². The molecule has 1 saturated carbocycles. The fourth-order valence-corrected chi connectivity index (χ4v) is 2.34. The fourth-order valence-electron chi connectivity index (χ4n) is 2.34. The van der Waals surface area contributed by atoms with Crippen molar-refractivity contribution in [3.63, 3.8) is 0 Å². The fraction of sp³-hybridized carbons (Fsp3) is 0.400. The van der Waals surface area contributed by atoms with Crippen molar-refractivity contribution in [2.24, 2.45) is 0 Å². The molecule has 0 bridgehead atoms. The van der Waals surface area contributed by atoms with Gasteiger partial charge in [0.15, 0.2) is 0 Å². The number of para-hydroxylation sites is 2. The summed E-state index contributed by atoms with van der Waals surface area (Å²) in [5, 5.41) is 5.01. The first kappa shape index (κ1) is 16.3. The lowest BCUT2D eigenvalue weighted by Gasteiger charge is -2.11. The molecule has 128 valence electrons. The van der Waals surface area contributed by atoms with Crippen LogP contribution >= 0.6 is 0 Å². The summed E-state index contributed by atoms with van der Waals surface area (Å²) in [7, 11) is 0. The number of aromatic nitrogens is 2. The number of carbonyl (C=O) groups is 2. The molecule has 3 rings (SSSR count).